The zero-order valence-electron chi connectivity index (χ0n) is 14.4. The van der Waals surface area contributed by atoms with Gasteiger partial charge in [0.15, 0.2) is 0 Å². The van der Waals surface area contributed by atoms with Crippen LogP contribution in [0.25, 0.3) is 0 Å². The van der Waals surface area contributed by atoms with Gasteiger partial charge >= 0.3 is 0 Å². The Morgan fingerprint density at radius 3 is 2.79 bits per heavy atom. The number of hydrogen-bond acceptors (Lipinski definition) is 3. The summed E-state index contributed by atoms with van der Waals surface area (Å²) in [5.41, 5.74) is 2.09. The van der Waals surface area contributed by atoms with Gasteiger partial charge < -0.3 is 14.7 Å². The molecule has 0 radical (unpaired) electrons. The van der Waals surface area contributed by atoms with E-state index in [1.165, 1.54) is 11.1 Å². The minimum atomic E-state index is -0.342. The van der Waals surface area contributed by atoms with E-state index in [9.17, 15) is 9.90 Å². The standard InChI is InChI=1S/C20H27NO3/c1-14-5-2-3-6-16(14)20(9-10-20)19(23)21-11-4-7-17(21)15-13-24-12-8-18(15)22/h2-3,5-6,15,17-18,22H,4,7-13H2,1H3/t15-,17+,18+/m0/s1. The number of aryl methyl sites for hydroxylation is 1. The quantitative estimate of drug-likeness (QED) is 0.926. The second-order valence-corrected chi connectivity index (χ2v) is 7.70. The Kier molecular flexibility index (Phi) is 4.13. The number of ether oxygens (including phenoxy) is 1. The molecule has 2 aliphatic heterocycles. The third-order valence-electron chi connectivity index (χ3n) is 6.24. The molecule has 4 rings (SSSR count). The molecular weight excluding hydrogens is 302 g/mol. The topological polar surface area (TPSA) is 49.8 Å². The predicted molar refractivity (Wildman–Crippen MR) is 91.8 cm³/mol. The van der Waals surface area contributed by atoms with Gasteiger partial charge in [-0.05, 0) is 50.2 Å². The summed E-state index contributed by atoms with van der Waals surface area (Å²) < 4.78 is 5.60. The van der Waals surface area contributed by atoms with Crippen LogP contribution in [-0.4, -0.2) is 47.8 Å². The van der Waals surface area contributed by atoms with Crippen LogP contribution in [0.3, 0.4) is 0 Å². The first-order valence-corrected chi connectivity index (χ1v) is 9.26. The normalized spacial score (nSPS) is 31.9. The minimum Gasteiger partial charge on any atom is -0.393 e. The number of likely N-dealkylation sites (tertiary alicyclic amines) is 1. The maximum Gasteiger partial charge on any atom is 0.233 e. The Morgan fingerprint density at radius 1 is 1.29 bits per heavy atom. The molecule has 1 amide bonds. The highest BCUT2D eigenvalue weighted by atomic mass is 16.5. The SMILES string of the molecule is Cc1ccccc1C1(C(=O)N2CCC[C@@H]2[C@@H]2COCC[C@H]2O)CC1. The average Bonchev–Trinajstić information content (AvgIpc) is 3.25. The lowest BCUT2D eigenvalue weighted by atomic mass is 9.87. The van der Waals surface area contributed by atoms with Crippen molar-refractivity contribution in [2.45, 2.75) is 56.6 Å². The van der Waals surface area contributed by atoms with Crippen LogP contribution < -0.4 is 0 Å². The van der Waals surface area contributed by atoms with Gasteiger partial charge in [-0.15, -0.1) is 0 Å². The van der Waals surface area contributed by atoms with Gasteiger partial charge in [0.25, 0.3) is 0 Å². The lowest BCUT2D eigenvalue weighted by Gasteiger charge is -2.38. The lowest BCUT2D eigenvalue weighted by Crippen LogP contribution is -2.50. The van der Waals surface area contributed by atoms with Crippen molar-refractivity contribution in [3.63, 3.8) is 0 Å². The maximum absolute atomic E-state index is 13.4. The fourth-order valence-electron chi connectivity index (χ4n) is 4.71. The number of rotatable bonds is 3. The molecule has 24 heavy (non-hydrogen) atoms. The van der Waals surface area contributed by atoms with Crippen LogP contribution >= 0.6 is 0 Å². The Morgan fingerprint density at radius 2 is 2.08 bits per heavy atom. The fraction of sp³-hybridized carbons (Fsp3) is 0.650. The third kappa shape index (κ3) is 2.56. The Bertz CT molecular complexity index is 625. The van der Waals surface area contributed by atoms with Crippen LogP contribution in [0, 0.1) is 12.8 Å². The summed E-state index contributed by atoms with van der Waals surface area (Å²) in [5, 5.41) is 10.4. The van der Waals surface area contributed by atoms with Crippen LogP contribution in [0.2, 0.25) is 0 Å². The number of carbonyl (C=O) groups is 1. The molecule has 0 spiro atoms. The van der Waals surface area contributed by atoms with E-state index in [-0.39, 0.29) is 29.4 Å². The Labute approximate surface area is 143 Å². The highest BCUT2D eigenvalue weighted by Gasteiger charge is 2.55. The van der Waals surface area contributed by atoms with Gasteiger partial charge in [-0.2, -0.15) is 0 Å². The van der Waals surface area contributed by atoms with Crippen molar-refractivity contribution in [3.05, 3.63) is 35.4 Å². The number of hydrogen-bond donors (Lipinski definition) is 1. The van der Waals surface area contributed by atoms with Crippen molar-refractivity contribution >= 4 is 5.91 Å². The summed E-state index contributed by atoms with van der Waals surface area (Å²) in [6.45, 7) is 4.13. The van der Waals surface area contributed by atoms with Crippen molar-refractivity contribution in [1.82, 2.24) is 4.90 Å². The van der Waals surface area contributed by atoms with Crippen LogP contribution in [0.15, 0.2) is 24.3 Å². The van der Waals surface area contributed by atoms with Crippen LogP contribution in [0.1, 0.15) is 43.2 Å². The molecule has 1 N–H and O–H groups in total. The number of aliphatic hydroxyl groups is 1. The van der Waals surface area contributed by atoms with Crippen molar-refractivity contribution in [3.8, 4) is 0 Å². The van der Waals surface area contributed by atoms with Crippen molar-refractivity contribution in [1.29, 1.82) is 0 Å². The second kappa shape index (κ2) is 6.16. The van der Waals surface area contributed by atoms with Crippen molar-refractivity contribution in [2.75, 3.05) is 19.8 Å². The first-order chi connectivity index (χ1) is 11.6. The summed E-state index contributed by atoms with van der Waals surface area (Å²) >= 11 is 0. The van der Waals surface area contributed by atoms with Gasteiger partial charge in [0, 0.05) is 25.1 Å². The van der Waals surface area contributed by atoms with Gasteiger partial charge in [0.1, 0.15) is 0 Å². The molecule has 4 nitrogen and oxygen atoms in total. The van der Waals surface area contributed by atoms with E-state index in [4.69, 9.17) is 4.74 Å². The molecule has 0 aromatic heterocycles. The highest BCUT2D eigenvalue weighted by Crippen LogP contribution is 2.51. The third-order valence-corrected chi connectivity index (χ3v) is 6.24. The van der Waals surface area contributed by atoms with E-state index in [0.717, 1.165) is 32.2 Å². The second-order valence-electron chi connectivity index (χ2n) is 7.70. The molecule has 2 heterocycles. The first kappa shape index (κ1) is 16.1. The molecule has 0 unspecified atom stereocenters. The zero-order chi connectivity index (χ0) is 16.7. The minimum absolute atomic E-state index is 0.0675. The molecule has 1 aromatic rings. The monoisotopic (exact) mass is 329 g/mol. The van der Waals surface area contributed by atoms with Gasteiger partial charge in [0.2, 0.25) is 5.91 Å². The largest absolute Gasteiger partial charge is 0.393 e. The smallest absolute Gasteiger partial charge is 0.233 e. The van der Waals surface area contributed by atoms with Gasteiger partial charge in [0.05, 0.1) is 18.1 Å². The summed E-state index contributed by atoms with van der Waals surface area (Å²) in [6, 6.07) is 8.42. The molecule has 2 saturated heterocycles. The summed E-state index contributed by atoms with van der Waals surface area (Å²) in [5.74, 6) is 0.343. The number of carbonyl (C=O) groups excluding carboxylic acids is 1. The van der Waals surface area contributed by atoms with E-state index < -0.39 is 0 Å². The molecule has 1 aromatic carbocycles. The first-order valence-electron chi connectivity index (χ1n) is 9.26. The Hall–Kier alpha value is -1.39. The fourth-order valence-corrected chi connectivity index (χ4v) is 4.71. The van der Waals surface area contributed by atoms with Gasteiger partial charge in [-0.25, -0.2) is 0 Å². The number of benzene rings is 1. The average molecular weight is 329 g/mol. The van der Waals surface area contributed by atoms with Crippen LogP contribution in [0.5, 0.6) is 0 Å². The van der Waals surface area contributed by atoms with E-state index >= 15 is 0 Å². The molecule has 130 valence electrons. The van der Waals surface area contributed by atoms with Crippen LogP contribution in [0.4, 0.5) is 0 Å². The number of amides is 1. The lowest BCUT2D eigenvalue weighted by molar-refractivity contribution is -0.139. The summed E-state index contributed by atoms with van der Waals surface area (Å²) in [7, 11) is 0. The van der Waals surface area contributed by atoms with Gasteiger partial charge in [-0.3, -0.25) is 4.79 Å². The molecule has 3 aliphatic rings. The molecule has 1 saturated carbocycles. The molecule has 1 aliphatic carbocycles. The van der Waals surface area contributed by atoms with Gasteiger partial charge in [-0.1, -0.05) is 24.3 Å². The van der Waals surface area contributed by atoms with E-state index in [0.29, 0.717) is 19.6 Å². The highest BCUT2D eigenvalue weighted by molar-refractivity contribution is 5.92. The number of nitrogens with zero attached hydrogens (tertiary/aromatic N) is 1. The molecule has 3 atom stereocenters. The zero-order valence-corrected chi connectivity index (χ0v) is 14.4. The van der Waals surface area contributed by atoms with Crippen molar-refractivity contribution < 1.29 is 14.6 Å². The maximum atomic E-state index is 13.4. The molecule has 0 bridgehead atoms. The van der Waals surface area contributed by atoms with Crippen molar-refractivity contribution in [2.24, 2.45) is 5.92 Å². The molecule has 4 heteroatoms. The Balaban J connectivity index is 1.58. The molecular formula is C20H27NO3. The van der Waals surface area contributed by atoms with E-state index in [2.05, 4.69) is 24.0 Å². The predicted octanol–water partition coefficient (Wildman–Crippen LogP) is 2.42. The summed E-state index contributed by atoms with van der Waals surface area (Å²) in [6.07, 6.45) is 4.26. The van der Waals surface area contributed by atoms with Crippen LogP contribution in [-0.2, 0) is 14.9 Å². The van der Waals surface area contributed by atoms with E-state index in [1.54, 1.807) is 0 Å². The number of aliphatic hydroxyl groups excluding tert-OH is 1. The summed E-state index contributed by atoms with van der Waals surface area (Å²) in [4.78, 5) is 15.5. The molecule has 3 fully saturated rings. The van der Waals surface area contributed by atoms with E-state index in [1.807, 2.05) is 12.1 Å².